The minimum atomic E-state index is 0.246. The lowest BCUT2D eigenvalue weighted by atomic mass is 9.69. The van der Waals surface area contributed by atoms with Crippen molar-refractivity contribution in [2.24, 2.45) is 17.3 Å². The molecule has 2 aromatic carbocycles. The number of hydrogen-bond donors (Lipinski definition) is 0. The standard InChI is InChI=1S/C35H48O3/c1-35(20-5-10-34(36)29-13-15-33(37-2)16-14-29)21-17-31-24-30(11-12-32(31)25-35)27-8-3-6-26(7-4-9-27)28-18-22-38-23-19-28/h11-16,24,26-28H,3-10,17-23,25H2,1-2H3. The smallest absolute Gasteiger partial charge is 0.162 e. The van der Waals surface area contributed by atoms with E-state index in [1.165, 1.54) is 64.2 Å². The van der Waals surface area contributed by atoms with Gasteiger partial charge in [0.2, 0.25) is 0 Å². The molecule has 1 atom stereocenters. The predicted molar refractivity (Wildman–Crippen MR) is 155 cm³/mol. The lowest BCUT2D eigenvalue weighted by Crippen LogP contribution is -2.26. The Morgan fingerprint density at radius 1 is 0.921 bits per heavy atom. The summed E-state index contributed by atoms with van der Waals surface area (Å²) >= 11 is 0. The van der Waals surface area contributed by atoms with Crippen molar-refractivity contribution in [1.82, 2.24) is 0 Å². The third-order valence-corrected chi connectivity index (χ3v) is 10.1. The van der Waals surface area contributed by atoms with Crippen LogP contribution in [0.3, 0.4) is 0 Å². The number of aryl methyl sites for hydroxylation is 1. The Morgan fingerprint density at radius 3 is 2.34 bits per heavy atom. The number of methoxy groups -OCH3 is 1. The molecule has 0 amide bonds. The highest BCUT2D eigenvalue weighted by Crippen LogP contribution is 2.42. The van der Waals surface area contributed by atoms with Crippen LogP contribution >= 0.6 is 0 Å². The van der Waals surface area contributed by atoms with Crippen LogP contribution in [0.1, 0.15) is 117 Å². The van der Waals surface area contributed by atoms with E-state index in [1.807, 2.05) is 24.3 Å². The highest BCUT2D eigenvalue weighted by Gasteiger charge is 2.31. The maximum absolute atomic E-state index is 12.7. The Kier molecular flexibility index (Phi) is 9.25. The van der Waals surface area contributed by atoms with Gasteiger partial charge in [0, 0.05) is 25.2 Å². The minimum absolute atomic E-state index is 0.246. The average Bonchev–Trinajstić information content (AvgIpc) is 2.93. The average molecular weight is 517 g/mol. The van der Waals surface area contributed by atoms with E-state index in [9.17, 15) is 4.79 Å². The van der Waals surface area contributed by atoms with Crippen LogP contribution in [-0.4, -0.2) is 26.1 Å². The summed E-state index contributed by atoms with van der Waals surface area (Å²) in [5.74, 6) is 3.64. The third kappa shape index (κ3) is 6.89. The van der Waals surface area contributed by atoms with E-state index >= 15 is 0 Å². The van der Waals surface area contributed by atoms with Crippen molar-refractivity contribution in [2.45, 2.75) is 103 Å². The van der Waals surface area contributed by atoms with Gasteiger partial charge in [-0.2, -0.15) is 0 Å². The highest BCUT2D eigenvalue weighted by molar-refractivity contribution is 5.96. The van der Waals surface area contributed by atoms with Gasteiger partial charge in [0.25, 0.3) is 0 Å². The van der Waals surface area contributed by atoms with Crippen molar-refractivity contribution >= 4 is 5.78 Å². The van der Waals surface area contributed by atoms with Crippen LogP contribution in [0.5, 0.6) is 5.75 Å². The molecule has 3 heteroatoms. The zero-order valence-electron chi connectivity index (χ0n) is 23.8. The second-order valence-electron chi connectivity index (χ2n) is 12.8. The van der Waals surface area contributed by atoms with Crippen LogP contribution in [0.4, 0.5) is 0 Å². The number of rotatable bonds is 8. The fourth-order valence-corrected chi connectivity index (χ4v) is 7.63. The predicted octanol–water partition coefficient (Wildman–Crippen LogP) is 8.72. The van der Waals surface area contributed by atoms with Gasteiger partial charge >= 0.3 is 0 Å². The summed E-state index contributed by atoms with van der Waals surface area (Å²) in [6, 6.07) is 15.0. The van der Waals surface area contributed by atoms with Gasteiger partial charge in [-0.15, -0.1) is 0 Å². The summed E-state index contributed by atoms with van der Waals surface area (Å²) < 4.78 is 10.8. The Balaban J connectivity index is 1.11. The van der Waals surface area contributed by atoms with Gasteiger partial charge < -0.3 is 9.47 Å². The monoisotopic (exact) mass is 516 g/mol. The first-order chi connectivity index (χ1) is 18.5. The molecule has 2 fully saturated rings. The SMILES string of the molecule is COc1ccc(C(=O)CCCC2(C)CCc3cc(C4CCCC(C5CCOCC5)CCC4)ccc3C2)cc1. The van der Waals surface area contributed by atoms with Crippen LogP contribution in [0.15, 0.2) is 42.5 Å². The molecule has 3 nitrogen and oxygen atoms in total. The van der Waals surface area contributed by atoms with Gasteiger partial charge in [-0.25, -0.2) is 0 Å². The van der Waals surface area contributed by atoms with Gasteiger partial charge in [0.05, 0.1) is 7.11 Å². The first-order valence-corrected chi connectivity index (χ1v) is 15.4. The molecule has 0 N–H and O–H groups in total. The number of Topliss-reactive ketones (excluding diaryl/α,β-unsaturated/α-hetero) is 1. The second kappa shape index (κ2) is 12.8. The molecule has 1 saturated heterocycles. The van der Waals surface area contributed by atoms with Crippen molar-refractivity contribution in [3.05, 3.63) is 64.7 Å². The fraction of sp³-hybridized carbons (Fsp3) is 0.629. The van der Waals surface area contributed by atoms with Gasteiger partial charge in [-0.3, -0.25) is 4.79 Å². The summed E-state index contributed by atoms with van der Waals surface area (Å²) in [4.78, 5) is 12.7. The topological polar surface area (TPSA) is 35.5 Å². The number of carbonyl (C=O) groups excluding carboxylic acids is 1. The largest absolute Gasteiger partial charge is 0.497 e. The normalized spacial score (nSPS) is 26.7. The maximum atomic E-state index is 12.7. The van der Waals surface area contributed by atoms with Crippen LogP contribution in [0.2, 0.25) is 0 Å². The Labute approximate surface area is 230 Å². The van der Waals surface area contributed by atoms with E-state index in [4.69, 9.17) is 9.47 Å². The van der Waals surface area contributed by atoms with E-state index in [-0.39, 0.29) is 5.78 Å². The van der Waals surface area contributed by atoms with Crippen molar-refractivity contribution in [3.8, 4) is 5.75 Å². The summed E-state index contributed by atoms with van der Waals surface area (Å²) in [6.45, 7) is 4.41. The molecular formula is C35H48O3. The van der Waals surface area contributed by atoms with Crippen molar-refractivity contribution in [2.75, 3.05) is 20.3 Å². The molecule has 38 heavy (non-hydrogen) atoms. The van der Waals surface area contributed by atoms with E-state index in [2.05, 4.69) is 25.1 Å². The quantitative estimate of drug-likeness (QED) is 0.329. The molecule has 3 aliphatic rings. The molecular weight excluding hydrogens is 468 g/mol. The van der Waals surface area contributed by atoms with Crippen LogP contribution < -0.4 is 4.74 Å². The molecule has 0 aromatic heterocycles. The molecule has 1 heterocycles. The summed E-state index contributed by atoms with van der Waals surface area (Å²) in [7, 11) is 1.65. The summed E-state index contributed by atoms with van der Waals surface area (Å²) in [5, 5.41) is 0. The molecule has 2 aromatic rings. The fourth-order valence-electron chi connectivity index (χ4n) is 7.63. The molecule has 0 spiro atoms. The molecule has 1 unspecified atom stereocenters. The van der Waals surface area contributed by atoms with Gasteiger partial charge in [0.15, 0.2) is 5.78 Å². The lowest BCUT2D eigenvalue weighted by Gasteiger charge is -2.36. The van der Waals surface area contributed by atoms with Crippen molar-refractivity contribution in [1.29, 1.82) is 0 Å². The number of carbonyl (C=O) groups is 1. The lowest BCUT2D eigenvalue weighted by molar-refractivity contribution is 0.0410. The highest BCUT2D eigenvalue weighted by atomic mass is 16.5. The molecule has 0 bridgehead atoms. The zero-order valence-corrected chi connectivity index (χ0v) is 23.8. The van der Waals surface area contributed by atoms with E-state index in [0.29, 0.717) is 11.8 Å². The van der Waals surface area contributed by atoms with Crippen LogP contribution in [-0.2, 0) is 17.6 Å². The van der Waals surface area contributed by atoms with E-state index in [1.54, 1.807) is 23.8 Å². The molecule has 1 saturated carbocycles. The zero-order chi connectivity index (χ0) is 26.4. The van der Waals surface area contributed by atoms with E-state index < -0.39 is 0 Å². The van der Waals surface area contributed by atoms with Crippen LogP contribution in [0.25, 0.3) is 0 Å². The van der Waals surface area contributed by atoms with Crippen molar-refractivity contribution in [3.63, 3.8) is 0 Å². The third-order valence-electron chi connectivity index (χ3n) is 10.1. The molecule has 1 aliphatic heterocycles. The van der Waals surface area contributed by atoms with Crippen molar-refractivity contribution < 1.29 is 14.3 Å². The van der Waals surface area contributed by atoms with Gasteiger partial charge in [0.1, 0.15) is 5.75 Å². The maximum Gasteiger partial charge on any atom is 0.162 e. The number of ketones is 1. The molecule has 0 radical (unpaired) electrons. The molecule has 5 rings (SSSR count). The van der Waals surface area contributed by atoms with Gasteiger partial charge in [-0.05, 0) is 122 Å². The summed E-state index contributed by atoms with van der Waals surface area (Å²) in [6.07, 6.45) is 17.2. The minimum Gasteiger partial charge on any atom is -0.497 e. The summed E-state index contributed by atoms with van der Waals surface area (Å²) in [5.41, 5.74) is 5.84. The van der Waals surface area contributed by atoms with Crippen LogP contribution in [0, 0.1) is 17.3 Å². The van der Waals surface area contributed by atoms with Gasteiger partial charge in [-0.1, -0.05) is 50.8 Å². The number of benzene rings is 2. The number of ether oxygens (including phenoxy) is 2. The first-order valence-electron chi connectivity index (χ1n) is 15.4. The molecule has 2 aliphatic carbocycles. The Hall–Kier alpha value is -2.13. The second-order valence-corrected chi connectivity index (χ2v) is 12.8. The Bertz CT molecular complexity index is 1040. The van der Waals surface area contributed by atoms with E-state index in [0.717, 1.165) is 61.5 Å². The molecule has 206 valence electrons. The number of fused-ring (bicyclic) bond motifs is 1. The first kappa shape index (κ1) is 27.4. The number of hydrogen-bond acceptors (Lipinski definition) is 3. The Morgan fingerprint density at radius 2 is 1.63 bits per heavy atom.